The van der Waals surface area contributed by atoms with Crippen molar-refractivity contribution in [1.29, 1.82) is 0 Å². The third kappa shape index (κ3) is 3.37. The number of nitro groups is 1. The molecule has 0 aliphatic rings. The molecule has 21 heavy (non-hydrogen) atoms. The monoisotopic (exact) mass is 286 g/mol. The maximum atomic E-state index is 11.1. The second-order valence-corrected chi connectivity index (χ2v) is 4.90. The van der Waals surface area contributed by atoms with Crippen LogP contribution in [0.25, 0.3) is 0 Å². The Morgan fingerprint density at radius 2 is 1.90 bits per heavy atom. The molecule has 5 heteroatoms. The van der Waals surface area contributed by atoms with Crippen molar-refractivity contribution in [2.75, 3.05) is 0 Å². The molecule has 0 aliphatic carbocycles. The van der Waals surface area contributed by atoms with Crippen LogP contribution in [0.1, 0.15) is 29.3 Å². The molecule has 5 nitrogen and oxygen atoms in total. The molecule has 0 saturated heterocycles. The topological polar surface area (TPSA) is 65.3 Å². The van der Waals surface area contributed by atoms with Gasteiger partial charge in [0.05, 0.1) is 16.2 Å². The Hall–Kier alpha value is -2.43. The smallest absolute Gasteiger partial charge is 0.278 e. The first-order valence-corrected chi connectivity index (χ1v) is 6.84. The van der Waals surface area contributed by atoms with E-state index in [1.165, 1.54) is 11.8 Å². The van der Waals surface area contributed by atoms with Crippen molar-refractivity contribution in [2.45, 2.75) is 33.8 Å². The first kappa shape index (κ1) is 15.0. The Kier molecular flexibility index (Phi) is 4.52. The van der Waals surface area contributed by atoms with Crippen LogP contribution >= 0.6 is 0 Å². The van der Waals surface area contributed by atoms with Gasteiger partial charge in [-0.25, -0.2) is 0 Å². The van der Waals surface area contributed by atoms with Crippen molar-refractivity contribution in [3.63, 3.8) is 0 Å². The average Bonchev–Trinajstić information content (AvgIpc) is 2.46. The number of hydrogen-bond acceptors (Lipinski definition) is 4. The molecule has 1 aromatic carbocycles. The Morgan fingerprint density at radius 3 is 2.48 bits per heavy atom. The van der Waals surface area contributed by atoms with Crippen LogP contribution in [0.5, 0.6) is 5.75 Å². The molecule has 110 valence electrons. The molecule has 0 radical (unpaired) electrons. The predicted octanol–water partition coefficient (Wildman–Crippen LogP) is 3.75. The third-order valence-electron chi connectivity index (χ3n) is 3.47. The highest BCUT2D eigenvalue weighted by Gasteiger charge is 2.18. The number of benzene rings is 1. The van der Waals surface area contributed by atoms with Crippen LogP contribution in [0.3, 0.4) is 0 Å². The largest absolute Gasteiger partial charge is 0.487 e. The number of ether oxygens (including phenoxy) is 1. The maximum absolute atomic E-state index is 11.1. The molecule has 0 unspecified atom stereocenters. The molecule has 0 saturated carbocycles. The lowest BCUT2D eigenvalue weighted by atomic mass is 10.1. The van der Waals surface area contributed by atoms with Crippen LogP contribution < -0.4 is 4.74 Å². The molecular formula is C16H18N2O3. The van der Waals surface area contributed by atoms with E-state index < -0.39 is 0 Å². The number of rotatable bonds is 5. The standard InChI is InChI=1S/C16H18N2O3/c1-4-13-5-7-14(8-6-13)21-10-15-12(3)16(18(19)20)11(2)9-17-15/h5-9H,4,10H2,1-3H3. The molecule has 1 aromatic heterocycles. The third-order valence-corrected chi connectivity index (χ3v) is 3.47. The van der Waals surface area contributed by atoms with Crippen molar-refractivity contribution >= 4 is 5.69 Å². The lowest BCUT2D eigenvalue weighted by Gasteiger charge is -2.09. The Bertz CT molecular complexity index is 651. The fourth-order valence-corrected chi connectivity index (χ4v) is 2.16. The molecule has 2 rings (SSSR count). The fourth-order valence-electron chi connectivity index (χ4n) is 2.16. The van der Waals surface area contributed by atoms with E-state index in [9.17, 15) is 10.1 Å². The van der Waals surface area contributed by atoms with Gasteiger partial charge in [0.15, 0.2) is 0 Å². The second kappa shape index (κ2) is 6.35. The van der Waals surface area contributed by atoms with E-state index >= 15 is 0 Å². The summed E-state index contributed by atoms with van der Waals surface area (Å²) >= 11 is 0. The zero-order chi connectivity index (χ0) is 15.4. The molecule has 0 atom stereocenters. The Morgan fingerprint density at radius 1 is 1.24 bits per heavy atom. The molecular weight excluding hydrogens is 268 g/mol. The van der Waals surface area contributed by atoms with Crippen LogP contribution in [-0.4, -0.2) is 9.91 Å². The van der Waals surface area contributed by atoms with Crippen LogP contribution in [0.2, 0.25) is 0 Å². The van der Waals surface area contributed by atoms with E-state index in [0.717, 1.165) is 12.2 Å². The highest BCUT2D eigenvalue weighted by molar-refractivity contribution is 5.47. The van der Waals surface area contributed by atoms with E-state index in [0.29, 0.717) is 16.8 Å². The zero-order valence-electron chi connectivity index (χ0n) is 12.4. The molecule has 2 aromatic rings. The van der Waals surface area contributed by atoms with Gasteiger partial charge in [-0.1, -0.05) is 19.1 Å². The summed E-state index contributed by atoms with van der Waals surface area (Å²) in [4.78, 5) is 14.9. The van der Waals surface area contributed by atoms with Crippen LogP contribution in [-0.2, 0) is 13.0 Å². The van der Waals surface area contributed by atoms with Crippen molar-refractivity contribution in [3.8, 4) is 5.75 Å². The van der Waals surface area contributed by atoms with E-state index in [1.54, 1.807) is 13.8 Å². The van der Waals surface area contributed by atoms with E-state index in [2.05, 4.69) is 11.9 Å². The van der Waals surface area contributed by atoms with E-state index in [4.69, 9.17) is 4.74 Å². The molecule has 0 aliphatic heterocycles. The van der Waals surface area contributed by atoms with Crippen LogP contribution in [0.15, 0.2) is 30.5 Å². The number of pyridine rings is 1. The molecule has 0 bridgehead atoms. The summed E-state index contributed by atoms with van der Waals surface area (Å²) < 4.78 is 5.66. The SMILES string of the molecule is CCc1ccc(OCc2ncc(C)c([N+](=O)[O-])c2C)cc1. The van der Waals surface area contributed by atoms with Gasteiger partial charge in [0, 0.05) is 11.8 Å². The minimum absolute atomic E-state index is 0.116. The maximum Gasteiger partial charge on any atom is 0.278 e. The zero-order valence-corrected chi connectivity index (χ0v) is 12.4. The Labute approximate surface area is 123 Å². The van der Waals surface area contributed by atoms with Gasteiger partial charge in [-0.3, -0.25) is 15.1 Å². The van der Waals surface area contributed by atoms with Gasteiger partial charge in [-0.2, -0.15) is 0 Å². The van der Waals surface area contributed by atoms with Gasteiger partial charge in [0.25, 0.3) is 5.69 Å². The minimum atomic E-state index is -0.369. The highest BCUT2D eigenvalue weighted by Crippen LogP contribution is 2.25. The average molecular weight is 286 g/mol. The van der Waals surface area contributed by atoms with Crippen molar-refractivity contribution in [3.05, 3.63) is 63.0 Å². The predicted molar refractivity (Wildman–Crippen MR) is 80.5 cm³/mol. The summed E-state index contributed by atoms with van der Waals surface area (Å²) in [6, 6.07) is 7.81. The van der Waals surface area contributed by atoms with Gasteiger partial charge < -0.3 is 4.74 Å². The van der Waals surface area contributed by atoms with Gasteiger partial charge in [-0.15, -0.1) is 0 Å². The molecule has 0 amide bonds. The molecule has 1 heterocycles. The van der Waals surface area contributed by atoms with Crippen molar-refractivity contribution in [2.24, 2.45) is 0 Å². The normalized spacial score (nSPS) is 10.4. The Balaban J connectivity index is 2.16. The van der Waals surface area contributed by atoms with E-state index in [1.807, 2.05) is 24.3 Å². The summed E-state index contributed by atoms with van der Waals surface area (Å²) in [5, 5.41) is 11.1. The molecule has 0 fully saturated rings. The fraction of sp³-hybridized carbons (Fsp3) is 0.312. The number of hydrogen-bond donors (Lipinski definition) is 0. The van der Waals surface area contributed by atoms with Gasteiger partial charge in [-0.05, 0) is 38.0 Å². The minimum Gasteiger partial charge on any atom is -0.487 e. The second-order valence-electron chi connectivity index (χ2n) is 4.90. The molecule has 0 N–H and O–H groups in total. The van der Waals surface area contributed by atoms with Crippen molar-refractivity contribution < 1.29 is 9.66 Å². The highest BCUT2D eigenvalue weighted by atomic mass is 16.6. The molecule has 0 spiro atoms. The van der Waals surface area contributed by atoms with Gasteiger partial charge >= 0.3 is 0 Å². The number of aryl methyl sites for hydroxylation is 2. The summed E-state index contributed by atoms with van der Waals surface area (Å²) in [6.07, 6.45) is 2.50. The lowest BCUT2D eigenvalue weighted by Crippen LogP contribution is -2.05. The van der Waals surface area contributed by atoms with Gasteiger partial charge in [0.1, 0.15) is 12.4 Å². The summed E-state index contributed by atoms with van der Waals surface area (Å²) in [5.74, 6) is 0.733. The summed E-state index contributed by atoms with van der Waals surface area (Å²) in [7, 11) is 0. The first-order valence-electron chi connectivity index (χ1n) is 6.84. The van der Waals surface area contributed by atoms with Crippen LogP contribution in [0, 0.1) is 24.0 Å². The summed E-state index contributed by atoms with van der Waals surface area (Å²) in [5.41, 5.74) is 3.07. The van der Waals surface area contributed by atoms with Gasteiger partial charge in [0.2, 0.25) is 0 Å². The quantitative estimate of drug-likeness (QED) is 0.620. The van der Waals surface area contributed by atoms with E-state index in [-0.39, 0.29) is 17.2 Å². The number of nitrogens with zero attached hydrogens (tertiary/aromatic N) is 2. The lowest BCUT2D eigenvalue weighted by molar-refractivity contribution is -0.386. The first-order chi connectivity index (χ1) is 10.0. The number of aromatic nitrogens is 1. The van der Waals surface area contributed by atoms with Crippen LogP contribution in [0.4, 0.5) is 5.69 Å². The summed E-state index contributed by atoms with van der Waals surface area (Å²) in [6.45, 7) is 5.70. The van der Waals surface area contributed by atoms with Crippen molar-refractivity contribution in [1.82, 2.24) is 4.98 Å².